The molecule has 1 atom stereocenters. The van der Waals surface area contributed by atoms with Crippen LogP contribution in [0.4, 0.5) is 0 Å². The van der Waals surface area contributed by atoms with E-state index in [1.807, 2.05) is 13.0 Å². The highest BCUT2D eigenvalue weighted by molar-refractivity contribution is 5.98. The van der Waals surface area contributed by atoms with Gasteiger partial charge < -0.3 is 14.2 Å². The Morgan fingerprint density at radius 3 is 2.80 bits per heavy atom. The summed E-state index contributed by atoms with van der Waals surface area (Å²) in [5.74, 6) is 1.49. The number of Topliss-reactive ketones (excluding diaryl/α,β-unsaturated/α-hetero) is 1. The van der Waals surface area contributed by atoms with Crippen molar-refractivity contribution < 1.29 is 19.0 Å². The lowest BCUT2D eigenvalue weighted by Crippen LogP contribution is -2.40. The van der Waals surface area contributed by atoms with Gasteiger partial charge in [-0.25, -0.2) is 0 Å². The Balaban J connectivity index is 1.65. The summed E-state index contributed by atoms with van der Waals surface area (Å²) in [5, 5.41) is 0. The van der Waals surface area contributed by atoms with Crippen molar-refractivity contribution in [2.45, 2.75) is 6.92 Å². The maximum atomic E-state index is 12.5. The fourth-order valence-electron chi connectivity index (χ4n) is 2.59. The number of hydrogen-bond acceptors (Lipinski definition) is 5. The average Bonchev–Trinajstić information content (AvgIpc) is 2.94. The van der Waals surface area contributed by atoms with E-state index in [-0.39, 0.29) is 18.5 Å². The number of carbonyl (C=O) groups excluding carboxylic acids is 1. The molecule has 0 N–H and O–H groups in total. The minimum atomic E-state index is -0.0338. The zero-order chi connectivity index (χ0) is 13.9. The first-order valence-electron chi connectivity index (χ1n) is 6.98. The van der Waals surface area contributed by atoms with Crippen molar-refractivity contribution in [1.29, 1.82) is 0 Å². The van der Waals surface area contributed by atoms with Gasteiger partial charge in [0.25, 0.3) is 0 Å². The summed E-state index contributed by atoms with van der Waals surface area (Å²) in [6.07, 6.45) is 0. The molecule has 5 heteroatoms. The Labute approximate surface area is 118 Å². The third-order valence-electron chi connectivity index (χ3n) is 3.74. The zero-order valence-electron chi connectivity index (χ0n) is 11.6. The Morgan fingerprint density at radius 1 is 1.25 bits per heavy atom. The normalized spacial score (nSPS) is 19.9. The minimum Gasteiger partial charge on any atom is -0.454 e. The van der Waals surface area contributed by atoms with E-state index in [0.29, 0.717) is 17.1 Å². The van der Waals surface area contributed by atoms with Gasteiger partial charge in [-0.05, 0) is 18.2 Å². The van der Waals surface area contributed by atoms with Gasteiger partial charge in [0.2, 0.25) is 6.79 Å². The third kappa shape index (κ3) is 2.78. The number of rotatable bonds is 4. The molecule has 20 heavy (non-hydrogen) atoms. The molecular formula is C15H19NO4. The first-order valence-corrected chi connectivity index (χ1v) is 6.98. The SMILES string of the molecule is CC(CN1CCOCC1)C(=O)c1ccc2c(c1)OCO2. The van der Waals surface area contributed by atoms with E-state index in [2.05, 4.69) is 4.90 Å². The van der Waals surface area contributed by atoms with Gasteiger partial charge in [0.05, 0.1) is 13.2 Å². The first-order chi connectivity index (χ1) is 9.74. The van der Waals surface area contributed by atoms with Crippen molar-refractivity contribution >= 4 is 5.78 Å². The van der Waals surface area contributed by atoms with Crippen molar-refractivity contribution in [3.63, 3.8) is 0 Å². The van der Waals surface area contributed by atoms with Crippen LogP contribution in [0.2, 0.25) is 0 Å². The molecule has 1 unspecified atom stereocenters. The number of ketones is 1. The maximum Gasteiger partial charge on any atom is 0.231 e. The number of carbonyl (C=O) groups is 1. The largest absolute Gasteiger partial charge is 0.454 e. The number of nitrogens with zero attached hydrogens (tertiary/aromatic N) is 1. The predicted molar refractivity (Wildman–Crippen MR) is 73.3 cm³/mol. The van der Waals surface area contributed by atoms with E-state index in [1.165, 1.54) is 0 Å². The molecule has 1 aromatic carbocycles. The third-order valence-corrected chi connectivity index (χ3v) is 3.74. The molecule has 0 aromatic heterocycles. The van der Waals surface area contributed by atoms with Crippen molar-refractivity contribution in [2.75, 3.05) is 39.6 Å². The molecule has 3 rings (SSSR count). The monoisotopic (exact) mass is 277 g/mol. The summed E-state index contributed by atoms with van der Waals surface area (Å²) in [7, 11) is 0. The fourth-order valence-corrected chi connectivity index (χ4v) is 2.59. The summed E-state index contributed by atoms with van der Waals surface area (Å²) in [6.45, 7) is 6.29. The highest BCUT2D eigenvalue weighted by Crippen LogP contribution is 2.33. The topological polar surface area (TPSA) is 48.0 Å². The van der Waals surface area contributed by atoms with Crippen molar-refractivity contribution in [1.82, 2.24) is 4.90 Å². The van der Waals surface area contributed by atoms with Crippen molar-refractivity contribution in [2.24, 2.45) is 5.92 Å². The smallest absolute Gasteiger partial charge is 0.231 e. The van der Waals surface area contributed by atoms with Gasteiger partial charge in [-0.15, -0.1) is 0 Å². The molecule has 1 saturated heterocycles. The lowest BCUT2D eigenvalue weighted by molar-refractivity contribution is 0.0313. The van der Waals surface area contributed by atoms with Crippen LogP contribution < -0.4 is 9.47 Å². The quantitative estimate of drug-likeness (QED) is 0.782. The highest BCUT2D eigenvalue weighted by Gasteiger charge is 2.22. The molecule has 0 radical (unpaired) electrons. The number of benzene rings is 1. The summed E-state index contributed by atoms with van der Waals surface area (Å²) in [6, 6.07) is 5.39. The summed E-state index contributed by atoms with van der Waals surface area (Å²) in [5.41, 5.74) is 0.690. The van der Waals surface area contributed by atoms with E-state index < -0.39 is 0 Å². The van der Waals surface area contributed by atoms with Crippen LogP contribution in [-0.4, -0.2) is 50.3 Å². The Bertz CT molecular complexity index is 497. The fraction of sp³-hybridized carbons (Fsp3) is 0.533. The van der Waals surface area contributed by atoms with Gasteiger partial charge in [-0.2, -0.15) is 0 Å². The lowest BCUT2D eigenvalue weighted by atomic mass is 9.98. The Hall–Kier alpha value is -1.59. The molecule has 2 heterocycles. The predicted octanol–water partition coefficient (Wildman–Crippen LogP) is 1.57. The molecule has 5 nitrogen and oxygen atoms in total. The number of fused-ring (bicyclic) bond motifs is 1. The molecule has 108 valence electrons. The molecule has 0 saturated carbocycles. The van der Waals surface area contributed by atoms with Crippen LogP contribution in [0, 0.1) is 5.92 Å². The van der Waals surface area contributed by atoms with Crippen LogP contribution in [0.25, 0.3) is 0 Å². The van der Waals surface area contributed by atoms with Crippen LogP contribution in [-0.2, 0) is 4.74 Å². The first kappa shape index (κ1) is 13.4. The van der Waals surface area contributed by atoms with Gasteiger partial charge >= 0.3 is 0 Å². The molecule has 2 aliphatic rings. The van der Waals surface area contributed by atoms with Gasteiger partial charge in [-0.3, -0.25) is 9.69 Å². The molecule has 0 spiro atoms. The second kappa shape index (κ2) is 5.81. The van der Waals surface area contributed by atoms with E-state index in [0.717, 1.165) is 32.8 Å². The number of ether oxygens (including phenoxy) is 3. The number of hydrogen-bond donors (Lipinski definition) is 0. The van der Waals surface area contributed by atoms with Crippen LogP contribution in [0.1, 0.15) is 17.3 Å². The van der Waals surface area contributed by atoms with Gasteiger partial charge in [0.15, 0.2) is 17.3 Å². The molecule has 0 aliphatic carbocycles. The summed E-state index contributed by atoms with van der Waals surface area (Å²) in [4.78, 5) is 14.7. The molecule has 1 fully saturated rings. The molecule has 1 aromatic rings. The van der Waals surface area contributed by atoms with Crippen molar-refractivity contribution in [3.8, 4) is 11.5 Å². The molecular weight excluding hydrogens is 258 g/mol. The standard InChI is InChI=1S/C15H19NO4/c1-11(9-16-4-6-18-7-5-16)15(17)12-2-3-13-14(8-12)20-10-19-13/h2-3,8,11H,4-7,9-10H2,1H3. The second-order valence-corrected chi connectivity index (χ2v) is 5.25. The van der Waals surface area contributed by atoms with Gasteiger partial charge in [0.1, 0.15) is 0 Å². The van der Waals surface area contributed by atoms with E-state index in [9.17, 15) is 4.79 Å². The average molecular weight is 277 g/mol. The zero-order valence-corrected chi connectivity index (χ0v) is 11.6. The van der Waals surface area contributed by atoms with Crippen LogP contribution >= 0.6 is 0 Å². The second-order valence-electron chi connectivity index (χ2n) is 5.25. The number of morpholine rings is 1. The molecule has 0 amide bonds. The Kier molecular flexibility index (Phi) is 3.89. The minimum absolute atomic E-state index is 0.0338. The van der Waals surface area contributed by atoms with E-state index in [1.54, 1.807) is 12.1 Å². The van der Waals surface area contributed by atoms with Crippen molar-refractivity contribution in [3.05, 3.63) is 23.8 Å². The maximum absolute atomic E-state index is 12.5. The molecule has 2 aliphatic heterocycles. The Morgan fingerprint density at radius 2 is 2.00 bits per heavy atom. The van der Waals surface area contributed by atoms with Crippen LogP contribution in [0.5, 0.6) is 11.5 Å². The molecule has 0 bridgehead atoms. The summed E-state index contributed by atoms with van der Waals surface area (Å²) < 4.78 is 15.9. The lowest BCUT2D eigenvalue weighted by Gasteiger charge is -2.28. The highest BCUT2D eigenvalue weighted by atomic mass is 16.7. The van der Waals surface area contributed by atoms with E-state index >= 15 is 0 Å². The van der Waals surface area contributed by atoms with Crippen LogP contribution in [0.15, 0.2) is 18.2 Å². The summed E-state index contributed by atoms with van der Waals surface area (Å²) >= 11 is 0. The van der Waals surface area contributed by atoms with Gasteiger partial charge in [-0.1, -0.05) is 6.92 Å². The van der Waals surface area contributed by atoms with E-state index in [4.69, 9.17) is 14.2 Å². The van der Waals surface area contributed by atoms with Crippen LogP contribution in [0.3, 0.4) is 0 Å². The van der Waals surface area contributed by atoms with Gasteiger partial charge in [0, 0.05) is 31.1 Å².